The minimum atomic E-state index is -3.52. The molecule has 9 nitrogen and oxygen atoms in total. The van der Waals surface area contributed by atoms with Crippen molar-refractivity contribution in [3.63, 3.8) is 0 Å². The van der Waals surface area contributed by atoms with Crippen LogP contribution in [0.1, 0.15) is 62.4 Å². The van der Waals surface area contributed by atoms with Crippen LogP contribution in [0, 0.1) is 12.8 Å². The highest BCUT2D eigenvalue weighted by molar-refractivity contribution is 7.89. The number of hydrogen-bond acceptors (Lipinski definition) is 8. The van der Waals surface area contributed by atoms with E-state index in [-0.39, 0.29) is 5.92 Å². The van der Waals surface area contributed by atoms with Crippen LogP contribution in [0.5, 0.6) is 5.88 Å². The highest BCUT2D eigenvalue weighted by Crippen LogP contribution is 2.40. The Morgan fingerprint density at radius 2 is 1.76 bits per heavy atom. The van der Waals surface area contributed by atoms with Crippen molar-refractivity contribution >= 4 is 33.1 Å². The lowest BCUT2D eigenvalue weighted by molar-refractivity contribution is -0.124. The van der Waals surface area contributed by atoms with Gasteiger partial charge in [-0.25, -0.2) is 18.4 Å². The van der Waals surface area contributed by atoms with Crippen molar-refractivity contribution in [1.29, 1.82) is 0 Å². The molecule has 1 aromatic carbocycles. The van der Waals surface area contributed by atoms with Crippen LogP contribution in [0.15, 0.2) is 29.3 Å². The first kappa shape index (κ1) is 23.2. The van der Waals surface area contributed by atoms with Crippen LogP contribution in [-0.4, -0.2) is 41.9 Å². The van der Waals surface area contributed by atoms with E-state index < -0.39 is 21.5 Å². The Balaban J connectivity index is 1.50. The second-order valence-corrected chi connectivity index (χ2v) is 11.0. The number of anilines is 1. The number of aromatic nitrogens is 2. The van der Waals surface area contributed by atoms with E-state index >= 15 is 0 Å². The number of ether oxygens (including phenoxy) is 1. The Kier molecular flexibility index (Phi) is 5.90. The highest BCUT2D eigenvalue weighted by Gasteiger charge is 2.35. The van der Waals surface area contributed by atoms with Crippen LogP contribution in [0.2, 0.25) is 0 Å². The van der Waals surface area contributed by atoms with Crippen LogP contribution < -0.4 is 15.2 Å². The third-order valence-corrected chi connectivity index (χ3v) is 6.75. The summed E-state index contributed by atoms with van der Waals surface area (Å²) >= 11 is 0. The van der Waals surface area contributed by atoms with Gasteiger partial charge >= 0.3 is 0 Å². The largest absolute Gasteiger partial charge is 0.463 e. The van der Waals surface area contributed by atoms with E-state index in [2.05, 4.69) is 26.8 Å². The van der Waals surface area contributed by atoms with Crippen LogP contribution in [-0.2, 0) is 14.8 Å². The van der Waals surface area contributed by atoms with E-state index in [1.54, 1.807) is 6.92 Å². The van der Waals surface area contributed by atoms with Crippen molar-refractivity contribution in [1.82, 2.24) is 14.7 Å². The Hall–Kier alpha value is -3.01. The summed E-state index contributed by atoms with van der Waals surface area (Å²) in [5.74, 6) is 0.879. The lowest BCUT2D eigenvalue weighted by Crippen LogP contribution is -2.41. The lowest BCUT2D eigenvalue weighted by atomic mass is 9.78. The second-order valence-electron chi connectivity index (χ2n) is 9.29. The summed E-state index contributed by atoms with van der Waals surface area (Å²) in [6.07, 6.45) is 3.99. The first-order valence-electron chi connectivity index (χ1n) is 11.0. The van der Waals surface area contributed by atoms with E-state index in [0.29, 0.717) is 42.0 Å². The maximum atomic E-state index is 12.1. The van der Waals surface area contributed by atoms with Crippen LogP contribution in [0.25, 0.3) is 0 Å². The van der Waals surface area contributed by atoms with E-state index in [0.717, 1.165) is 30.4 Å². The number of rotatable bonds is 4. The minimum Gasteiger partial charge on any atom is -0.463 e. The quantitative estimate of drug-likeness (QED) is 0.699. The second kappa shape index (κ2) is 8.40. The van der Waals surface area contributed by atoms with Crippen LogP contribution in [0.3, 0.4) is 0 Å². The van der Waals surface area contributed by atoms with Crippen molar-refractivity contribution in [2.75, 3.05) is 12.0 Å². The third kappa shape index (κ3) is 5.00. The summed E-state index contributed by atoms with van der Waals surface area (Å²) in [5.41, 5.74) is 8.69. The van der Waals surface area contributed by atoms with E-state index in [4.69, 9.17) is 15.5 Å². The molecule has 0 atom stereocenters. The molecular formula is C23H29N5O4S. The molecule has 0 unspecified atom stereocenters. The number of benzene rings is 1. The first-order valence-corrected chi connectivity index (χ1v) is 12.9. The summed E-state index contributed by atoms with van der Waals surface area (Å²) in [6.45, 7) is 5.65. The standard InChI is InChI=1S/C23H29N5O4S/c1-13-25-20(24)18-22(26-13)32-23(2,3)19(27-18)16-9-5-14(6-10-16)15-7-11-17(12-8-15)21(29)28-33(4,30)31/h5-6,9-10,15,17H,7-8,11-12H2,1-4H3,(H,28,29)(H2,24,25,26). The topological polar surface area (TPSA) is 137 Å². The first-order chi connectivity index (χ1) is 15.4. The van der Waals surface area contributed by atoms with E-state index in [1.165, 1.54) is 5.56 Å². The van der Waals surface area contributed by atoms with Gasteiger partial charge in [0.15, 0.2) is 11.5 Å². The number of amides is 1. The van der Waals surface area contributed by atoms with Gasteiger partial charge < -0.3 is 10.5 Å². The molecule has 0 spiro atoms. The molecule has 0 radical (unpaired) electrons. The molecule has 2 aromatic rings. The monoisotopic (exact) mass is 471 g/mol. The zero-order valence-electron chi connectivity index (χ0n) is 19.3. The van der Waals surface area contributed by atoms with Crippen molar-refractivity contribution in [3.8, 4) is 5.88 Å². The number of nitrogens with one attached hydrogen (secondary N) is 1. The number of nitrogens with zero attached hydrogens (tertiary/aromatic N) is 3. The van der Waals surface area contributed by atoms with E-state index in [9.17, 15) is 13.2 Å². The number of nitrogen functional groups attached to an aromatic ring is 1. The molecule has 4 rings (SSSR count). The van der Waals surface area contributed by atoms with Gasteiger partial charge in [0.1, 0.15) is 11.4 Å². The van der Waals surface area contributed by atoms with Gasteiger partial charge in [-0.15, -0.1) is 0 Å². The predicted octanol–water partition coefficient (Wildman–Crippen LogP) is 3.01. The molecule has 1 amide bonds. The molecule has 1 saturated carbocycles. The molecule has 2 aliphatic rings. The molecule has 1 aliphatic heterocycles. The number of aryl methyl sites for hydroxylation is 1. The number of nitrogens with two attached hydrogens (primary N) is 1. The molecule has 3 N–H and O–H groups in total. The average Bonchev–Trinajstić information content (AvgIpc) is 2.71. The predicted molar refractivity (Wildman–Crippen MR) is 126 cm³/mol. The van der Waals surface area contributed by atoms with Gasteiger partial charge in [0.05, 0.1) is 12.0 Å². The fourth-order valence-corrected chi connectivity index (χ4v) is 5.09. The van der Waals surface area contributed by atoms with Crippen molar-refractivity contribution in [3.05, 3.63) is 41.2 Å². The van der Waals surface area contributed by atoms with Gasteiger partial charge in [-0.05, 0) is 57.9 Å². The van der Waals surface area contributed by atoms with Crippen molar-refractivity contribution < 1.29 is 17.9 Å². The molecular weight excluding hydrogens is 442 g/mol. The average molecular weight is 472 g/mol. The minimum absolute atomic E-state index is 0.263. The maximum Gasteiger partial charge on any atom is 0.246 e. The summed E-state index contributed by atoms with van der Waals surface area (Å²) in [6, 6.07) is 8.22. The SMILES string of the molecule is Cc1nc(N)c2c(n1)OC(C)(C)C(c1ccc(C3CCC(C(=O)NS(C)(=O)=O)CC3)cc1)=N2. The molecule has 1 aliphatic carbocycles. The fourth-order valence-electron chi connectivity index (χ4n) is 4.55. The number of carbonyl (C=O) groups excluding carboxylic acids is 1. The molecule has 33 heavy (non-hydrogen) atoms. The Labute approximate surface area is 193 Å². The smallest absolute Gasteiger partial charge is 0.246 e. The van der Waals surface area contributed by atoms with Gasteiger partial charge in [0.2, 0.25) is 21.8 Å². The molecule has 2 heterocycles. The molecule has 1 fully saturated rings. The summed E-state index contributed by atoms with van der Waals surface area (Å²) < 4.78 is 30.9. The normalized spacial score (nSPS) is 22.0. The van der Waals surface area contributed by atoms with E-state index in [1.807, 2.05) is 26.0 Å². The number of aliphatic imine (C=N–C) groups is 1. The van der Waals surface area contributed by atoms with Gasteiger partial charge in [0.25, 0.3) is 0 Å². The third-order valence-electron chi connectivity index (χ3n) is 6.18. The molecule has 0 saturated heterocycles. The Bertz CT molecular complexity index is 1210. The van der Waals surface area contributed by atoms with Gasteiger partial charge in [-0.2, -0.15) is 4.98 Å². The van der Waals surface area contributed by atoms with Gasteiger partial charge in [0, 0.05) is 11.5 Å². The lowest BCUT2D eigenvalue weighted by Gasteiger charge is -2.32. The zero-order valence-corrected chi connectivity index (χ0v) is 20.1. The van der Waals surface area contributed by atoms with Crippen molar-refractivity contribution in [2.45, 2.75) is 58.0 Å². The molecule has 176 valence electrons. The van der Waals surface area contributed by atoms with Crippen molar-refractivity contribution in [2.24, 2.45) is 10.9 Å². The number of sulfonamides is 1. The number of hydrogen-bond donors (Lipinski definition) is 2. The zero-order chi connectivity index (χ0) is 24.0. The van der Waals surface area contributed by atoms with Gasteiger partial charge in [-0.3, -0.25) is 9.52 Å². The Morgan fingerprint density at radius 3 is 2.36 bits per heavy atom. The molecule has 10 heteroatoms. The molecule has 0 bridgehead atoms. The Morgan fingerprint density at radius 1 is 1.12 bits per heavy atom. The number of fused-ring (bicyclic) bond motifs is 1. The molecule has 1 aromatic heterocycles. The summed E-state index contributed by atoms with van der Waals surface area (Å²) in [4.78, 5) is 25.4. The fraction of sp³-hybridized carbons (Fsp3) is 0.478. The maximum absolute atomic E-state index is 12.1. The number of carbonyl (C=O) groups is 1. The van der Waals surface area contributed by atoms with Gasteiger partial charge in [-0.1, -0.05) is 24.3 Å². The summed E-state index contributed by atoms with van der Waals surface area (Å²) in [7, 11) is -3.52. The van der Waals surface area contributed by atoms with Crippen LogP contribution >= 0.6 is 0 Å². The highest BCUT2D eigenvalue weighted by atomic mass is 32.2. The summed E-state index contributed by atoms with van der Waals surface area (Å²) in [5, 5.41) is 0. The van der Waals surface area contributed by atoms with Crippen LogP contribution in [0.4, 0.5) is 11.5 Å².